The highest BCUT2D eigenvalue weighted by atomic mass is 32.2. The van der Waals surface area contributed by atoms with Gasteiger partial charge in [-0.05, 0) is 13.3 Å². The van der Waals surface area contributed by atoms with Gasteiger partial charge in [-0.3, -0.25) is 0 Å². The van der Waals surface area contributed by atoms with Gasteiger partial charge < -0.3 is 9.84 Å². The fraction of sp³-hybridized carbons (Fsp3) is 0.667. The number of hydrogen-bond acceptors (Lipinski definition) is 5. The minimum absolute atomic E-state index is 0.0620. The van der Waals surface area contributed by atoms with Crippen LogP contribution in [0, 0.1) is 6.92 Å². The number of aromatic nitrogens is 1. The van der Waals surface area contributed by atoms with Crippen molar-refractivity contribution in [3.05, 3.63) is 17.5 Å². The third kappa shape index (κ3) is 2.79. The Labute approximate surface area is 88.8 Å². The summed E-state index contributed by atoms with van der Waals surface area (Å²) in [5, 5.41) is 6.99. The molecular formula is C9H14N2O3S. The van der Waals surface area contributed by atoms with Gasteiger partial charge in [-0.15, -0.1) is 0 Å². The van der Waals surface area contributed by atoms with Gasteiger partial charge in [0, 0.05) is 18.7 Å². The highest BCUT2D eigenvalue weighted by Gasteiger charge is 2.27. The monoisotopic (exact) mass is 230 g/mol. The molecule has 1 aromatic heterocycles. The molecule has 1 aliphatic heterocycles. The summed E-state index contributed by atoms with van der Waals surface area (Å²) in [5.74, 6) is 1.30. The van der Waals surface area contributed by atoms with Crippen molar-refractivity contribution >= 4 is 9.84 Å². The minimum atomic E-state index is -2.80. The zero-order valence-corrected chi connectivity index (χ0v) is 9.38. The van der Waals surface area contributed by atoms with Crippen molar-refractivity contribution in [2.45, 2.75) is 25.9 Å². The normalized spacial score (nSPS) is 24.5. The van der Waals surface area contributed by atoms with E-state index in [2.05, 4.69) is 10.5 Å². The van der Waals surface area contributed by atoms with E-state index in [-0.39, 0.29) is 11.8 Å². The van der Waals surface area contributed by atoms with E-state index < -0.39 is 9.84 Å². The third-order valence-electron chi connectivity index (χ3n) is 2.48. The van der Waals surface area contributed by atoms with Gasteiger partial charge in [0.05, 0.1) is 17.2 Å². The predicted octanol–water partition coefficient (Wildman–Crippen LogP) is 0.260. The second-order valence-corrected chi connectivity index (χ2v) is 6.14. The Bertz CT molecular complexity index is 438. The standard InChI is InChI=1S/C9H14N2O3S/c1-7-4-9(11-14-7)5-10-8-2-3-15(12,13)6-8/h4,8,10H,2-3,5-6H2,1H3. The van der Waals surface area contributed by atoms with E-state index >= 15 is 0 Å². The molecule has 1 aromatic rings. The van der Waals surface area contributed by atoms with Crippen LogP contribution in [0.4, 0.5) is 0 Å². The summed E-state index contributed by atoms with van der Waals surface area (Å²) in [4.78, 5) is 0. The average molecular weight is 230 g/mol. The molecule has 0 amide bonds. The van der Waals surface area contributed by atoms with Gasteiger partial charge in [-0.25, -0.2) is 8.42 Å². The van der Waals surface area contributed by atoms with Crippen LogP contribution >= 0.6 is 0 Å². The fourth-order valence-electron chi connectivity index (χ4n) is 1.71. The molecule has 1 saturated heterocycles. The van der Waals surface area contributed by atoms with Crippen molar-refractivity contribution in [2.75, 3.05) is 11.5 Å². The quantitative estimate of drug-likeness (QED) is 0.806. The van der Waals surface area contributed by atoms with Crippen LogP contribution in [0.25, 0.3) is 0 Å². The van der Waals surface area contributed by atoms with E-state index in [0.29, 0.717) is 18.7 Å². The summed E-state index contributed by atoms with van der Waals surface area (Å²) in [7, 11) is -2.80. The first-order valence-corrected chi connectivity index (χ1v) is 6.73. The molecule has 2 heterocycles. The van der Waals surface area contributed by atoms with Crippen LogP contribution in [0.3, 0.4) is 0 Å². The van der Waals surface area contributed by atoms with Crippen LogP contribution in [-0.4, -0.2) is 31.1 Å². The lowest BCUT2D eigenvalue weighted by atomic mass is 10.2. The summed E-state index contributed by atoms with van der Waals surface area (Å²) in [6, 6.07) is 1.91. The zero-order chi connectivity index (χ0) is 10.9. The maximum atomic E-state index is 11.2. The van der Waals surface area contributed by atoms with Crippen molar-refractivity contribution in [1.29, 1.82) is 0 Å². The van der Waals surface area contributed by atoms with E-state index in [0.717, 1.165) is 11.5 Å². The molecule has 6 heteroatoms. The van der Waals surface area contributed by atoms with Gasteiger partial charge in [0.15, 0.2) is 9.84 Å². The molecule has 5 nitrogen and oxygen atoms in total. The van der Waals surface area contributed by atoms with Crippen molar-refractivity contribution in [1.82, 2.24) is 10.5 Å². The minimum Gasteiger partial charge on any atom is -0.361 e. The average Bonchev–Trinajstić information content (AvgIpc) is 2.69. The van der Waals surface area contributed by atoms with Crippen LogP contribution in [0.15, 0.2) is 10.6 Å². The molecule has 15 heavy (non-hydrogen) atoms. The number of aryl methyl sites for hydroxylation is 1. The van der Waals surface area contributed by atoms with E-state index in [4.69, 9.17) is 4.52 Å². The lowest BCUT2D eigenvalue weighted by Crippen LogP contribution is -2.29. The Morgan fingerprint density at radius 2 is 2.47 bits per heavy atom. The van der Waals surface area contributed by atoms with Crippen molar-refractivity contribution in [3.8, 4) is 0 Å². The molecule has 1 atom stereocenters. The SMILES string of the molecule is Cc1cc(CNC2CCS(=O)(=O)C2)no1. The first kappa shape index (κ1) is 10.6. The molecule has 1 aliphatic rings. The van der Waals surface area contributed by atoms with Crippen LogP contribution in [0.5, 0.6) is 0 Å². The van der Waals surface area contributed by atoms with E-state index in [1.165, 1.54) is 0 Å². The molecule has 1 fully saturated rings. The molecule has 2 rings (SSSR count). The molecule has 1 unspecified atom stereocenters. The summed E-state index contributed by atoms with van der Waals surface area (Å²) >= 11 is 0. The molecule has 0 radical (unpaired) electrons. The molecule has 0 aliphatic carbocycles. The Balaban J connectivity index is 1.85. The molecule has 0 aromatic carbocycles. The van der Waals surface area contributed by atoms with E-state index in [9.17, 15) is 8.42 Å². The lowest BCUT2D eigenvalue weighted by Gasteiger charge is -2.07. The first-order valence-electron chi connectivity index (χ1n) is 4.91. The van der Waals surface area contributed by atoms with Crippen molar-refractivity contribution in [2.24, 2.45) is 0 Å². The maximum Gasteiger partial charge on any atom is 0.151 e. The molecule has 0 bridgehead atoms. The number of nitrogens with zero attached hydrogens (tertiary/aromatic N) is 1. The van der Waals surface area contributed by atoms with Gasteiger partial charge >= 0.3 is 0 Å². The van der Waals surface area contributed by atoms with Gasteiger partial charge in [0.2, 0.25) is 0 Å². The molecule has 84 valence electrons. The Hall–Kier alpha value is -0.880. The number of nitrogens with one attached hydrogen (secondary N) is 1. The Morgan fingerprint density at radius 1 is 1.67 bits per heavy atom. The maximum absolute atomic E-state index is 11.2. The van der Waals surface area contributed by atoms with Gasteiger partial charge in [-0.1, -0.05) is 5.16 Å². The van der Waals surface area contributed by atoms with Gasteiger partial charge in [0.25, 0.3) is 0 Å². The molecular weight excluding hydrogens is 216 g/mol. The second-order valence-electron chi connectivity index (χ2n) is 3.91. The molecule has 0 saturated carbocycles. The van der Waals surface area contributed by atoms with Gasteiger partial charge in [0.1, 0.15) is 5.76 Å². The number of hydrogen-bond donors (Lipinski definition) is 1. The van der Waals surface area contributed by atoms with Gasteiger partial charge in [-0.2, -0.15) is 0 Å². The highest BCUT2D eigenvalue weighted by molar-refractivity contribution is 7.91. The summed E-state index contributed by atoms with van der Waals surface area (Å²) in [6.07, 6.45) is 0.694. The number of sulfone groups is 1. The molecule has 0 spiro atoms. The Morgan fingerprint density at radius 3 is 3.00 bits per heavy atom. The van der Waals surface area contributed by atoms with Crippen molar-refractivity contribution in [3.63, 3.8) is 0 Å². The largest absolute Gasteiger partial charge is 0.361 e. The predicted molar refractivity (Wildman–Crippen MR) is 55.1 cm³/mol. The summed E-state index contributed by atoms with van der Waals surface area (Å²) in [5.41, 5.74) is 0.816. The van der Waals surface area contributed by atoms with Crippen LogP contribution in [-0.2, 0) is 16.4 Å². The zero-order valence-electron chi connectivity index (χ0n) is 8.56. The smallest absolute Gasteiger partial charge is 0.151 e. The fourth-order valence-corrected chi connectivity index (χ4v) is 3.41. The Kier molecular flexibility index (Phi) is 2.79. The van der Waals surface area contributed by atoms with Crippen molar-refractivity contribution < 1.29 is 12.9 Å². The van der Waals surface area contributed by atoms with Crippen LogP contribution in [0.1, 0.15) is 17.9 Å². The second kappa shape index (κ2) is 3.94. The summed E-state index contributed by atoms with van der Waals surface area (Å²) < 4.78 is 27.3. The van der Waals surface area contributed by atoms with Crippen LogP contribution < -0.4 is 5.32 Å². The molecule has 1 N–H and O–H groups in total. The van der Waals surface area contributed by atoms with E-state index in [1.807, 2.05) is 13.0 Å². The van der Waals surface area contributed by atoms with E-state index in [1.54, 1.807) is 0 Å². The third-order valence-corrected chi connectivity index (χ3v) is 4.25. The lowest BCUT2D eigenvalue weighted by molar-refractivity contribution is 0.386. The summed E-state index contributed by atoms with van der Waals surface area (Å²) in [6.45, 7) is 2.40. The first-order chi connectivity index (χ1) is 7.05. The number of rotatable bonds is 3. The highest BCUT2D eigenvalue weighted by Crippen LogP contribution is 2.12. The topological polar surface area (TPSA) is 72.2 Å². The van der Waals surface area contributed by atoms with Crippen LogP contribution in [0.2, 0.25) is 0 Å².